The molecule has 0 saturated carbocycles. The minimum atomic E-state index is -1.33. The lowest BCUT2D eigenvalue weighted by molar-refractivity contribution is -0.120. The van der Waals surface area contributed by atoms with E-state index in [4.69, 9.17) is 16.9 Å². The Kier molecular flexibility index (Phi) is 5.79. The molecular formula is C19H14ClN5O3. The van der Waals surface area contributed by atoms with Gasteiger partial charge in [-0.1, -0.05) is 41.9 Å². The third-order valence-corrected chi connectivity index (χ3v) is 4.05. The van der Waals surface area contributed by atoms with Crippen molar-refractivity contribution in [3.05, 3.63) is 75.2 Å². The number of carbonyl (C=O) groups excluding carboxylic acids is 1. The fourth-order valence-corrected chi connectivity index (χ4v) is 2.68. The highest BCUT2D eigenvalue weighted by Crippen LogP contribution is 2.19. The van der Waals surface area contributed by atoms with E-state index < -0.39 is 24.0 Å². The maximum atomic E-state index is 12.6. The molecule has 8 nitrogen and oxygen atoms in total. The average molecular weight is 396 g/mol. The first kappa shape index (κ1) is 19.2. The molecule has 1 amide bonds. The van der Waals surface area contributed by atoms with Crippen LogP contribution in [0.5, 0.6) is 0 Å². The maximum Gasteiger partial charge on any atom is 0.276 e. The minimum absolute atomic E-state index is 0.157. The number of aromatic amines is 1. The number of aromatic nitrogens is 2. The van der Waals surface area contributed by atoms with Gasteiger partial charge in [0.2, 0.25) is 0 Å². The van der Waals surface area contributed by atoms with Crippen LogP contribution >= 0.6 is 11.6 Å². The molecule has 0 bridgehead atoms. The number of hydrogen-bond donors (Lipinski definition) is 3. The standard InChI is InChI=1S/C19H14ClN5O3/c20-12-6-7-13-14(10-12)23-19(28)17(22-13)16(25-24-15(26)8-9-21)18(27)11-4-2-1-3-5-11/h1-7,10,18,27H,8H2,(H,23,28)(H,24,26)/b25-16+. The topological polar surface area (TPSA) is 131 Å². The number of aliphatic hydroxyl groups is 1. The molecular weight excluding hydrogens is 382 g/mol. The smallest absolute Gasteiger partial charge is 0.276 e. The normalized spacial score (nSPS) is 12.4. The van der Waals surface area contributed by atoms with Crippen molar-refractivity contribution < 1.29 is 9.90 Å². The molecule has 1 heterocycles. The molecule has 0 aliphatic rings. The lowest BCUT2D eigenvalue weighted by Gasteiger charge is -2.14. The van der Waals surface area contributed by atoms with Crippen LogP contribution in [0, 0.1) is 11.3 Å². The van der Waals surface area contributed by atoms with Crippen molar-refractivity contribution in [2.24, 2.45) is 5.10 Å². The summed E-state index contributed by atoms with van der Waals surface area (Å²) in [6.07, 6.45) is -1.75. The Balaban J connectivity index is 2.12. The molecule has 1 atom stereocenters. The Bertz CT molecular complexity index is 1150. The molecule has 2 aromatic carbocycles. The summed E-state index contributed by atoms with van der Waals surface area (Å²) < 4.78 is 0. The third kappa shape index (κ3) is 4.23. The molecule has 3 N–H and O–H groups in total. The van der Waals surface area contributed by atoms with Gasteiger partial charge in [-0.25, -0.2) is 10.4 Å². The number of benzene rings is 2. The van der Waals surface area contributed by atoms with Gasteiger partial charge < -0.3 is 10.1 Å². The monoisotopic (exact) mass is 395 g/mol. The van der Waals surface area contributed by atoms with Gasteiger partial charge in [0.15, 0.2) is 5.69 Å². The van der Waals surface area contributed by atoms with Gasteiger partial charge >= 0.3 is 0 Å². The van der Waals surface area contributed by atoms with E-state index in [0.29, 0.717) is 21.6 Å². The van der Waals surface area contributed by atoms with Crippen molar-refractivity contribution >= 4 is 34.3 Å². The molecule has 0 saturated heterocycles. The zero-order chi connectivity index (χ0) is 20.1. The first-order valence-corrected chi connectivity index (χ1v) is 8.53. The molecule has 1 aromatic heterocycles. The van der Waals surface area contributed by atoms with Crippen LogP contribution in [-0.2, 0) is 4.79 Å². The van der Waals surface area contributed by atoms with Gasteiger partial charge in [0.1, 0.15) is 18.2 Å². The van der Waals surface area contributed by atoms with Crippen LogP contribution in [0.25, 0.3) is 11.0 Å². The zero-order valence-corrected chi connectivity index (χ0v) is 15.1. The first-order chi connectivity index (χ1) is 13.5. The van der Waals surface area contributed by atoms with E-state index in [-0.39, 0.29) is 11.4 Å². The second-order valence-corrected chi connectivity index (χ2v) is 6.19. The second-order valence-electron chi connectivity index (χ2n) is 5.76. The number of aliphatic hydroxyl groups excluding tert-OH is 1. The van der Waals surface area contributed by atoms with E-state index in [2.05, 4.69) is 20.5 Å². The molecule has 1 unspecified atom stereocenters. The molecule has 3 aromatic rings. The van der Waals surface area contributed by atoms with Crippen LogP contribution in [-0.4, -0.2) is 26.7 Å². The van der Waals surface area contributed by atoms with E-state index in [0.717, 1.165) is 0 Å². The van der Waals surface area contributed by atoms with Crippen molar-refractivity contribution in [1.29, 1.82) is 5.26 Å². The highest BCUT2D eigenvalue weighted by molar-refractivity contribution is 6.31. The summed E-state index contributed by atoms with van der Waals surface area (Å²) in [5, 5.41) is 23.7. The summed E-state index contributed by atoms with van der Waals surface area (Å²) in [7, 11) is 0. The number of carbonyl (C=O) groups is 1. The number of nitrogens with one attached hydrogen (secondary N) is 2. The number of H-pyrrole nitrogens is 1. The summed E-state index contributed by atoms with van der Waals surface area (Å²) >= 11 is 5.93. The predicted molar refractivity (Wildman–Crippen MR) is 104 cm³/mol. The van der Waals surface area contributed by atoms with E-state index >= 15 is 0 Å². The van der Waals surface area contributed by atoms with Gasteiger partial charge in [-0.3, -0.25) is 9.59 Å². The zero-order valence-electron chi connectivity index (χ0n) is 14.4. The Labute approximate surface area is 164 Å². The Hall–Kier alpha value is -3.54. The van der Waals surface area contributed by atoms with Crippen LogP contribution in [0.1, 0.15) is 23.8 Å². The molecule has 0 aliphatic heterocycles. The highest BCUT2D eigenvalue weighted by atomic mass is 35.5. The fraction of sp³-hybridized carbons (Fsp3) is 0.105. The van der Waals surface area contributed by atoms with Crippen LogP contribution in [0.3, 0.4) is 0 Å². The molecule has 28 heavy (non-hydrogen) atoms. The second kappa shape index (κ2) is 8.43. The third-order valence-electron chi connectivity index (χ3n) is 3.81. The number of halogens is 1. The number of rotatable bonds is 5. The average Bonchev–Trinajstić information content (AvgIpc) is 2.69. The number of fused-ring (bicyclic) bond motifs is 1. The van der Waals surface area contributed by atoms with Crippen LogP contribution in [0.2, 0.25) is 5.02 Å². The van der Waals surface area contributed by atoms with Gasteiger partial charge in [-0.15, -0.1) is 0 Å². The SMILES string of the molecule is N#CCC(=O)N/N=C(\c1nc2ccc(Cl)cc2[nH]c1=O)C(O)c1ccccc1. The van der Waals surface area contributed by atoms with Gasteiger partial charge in [-0.2, -0.15) is 10.4 Å². The summed E-state index contributed by atoms with van der Waals surface area (Å²) in [4.78, 5) is 31.1. The number of hydrazone groups is 1. The van der Waals surface area contributed by atoms with Gasteiger partial charge in [0.25, 0.3) is 11.5 Å². The first-order valence-electron chi connectivity index (χ1n) is 8.16. The van der Waals surface area contributed by atoms with Crippen molar-refractivity contribution in [2.45, 2.75) is 12.5 Å². The van der Waals surface area contributed by atoms with Crippen molar-refractivity contribution in [1.82, 2.24) is 15.4 Å². The number of amides is 1. The lowest BCUT2D eigenvalue weighted by Crippen LogP contribution is -2.29. The van der Waals surface area contributed by atoms with Crippen LogP contribution < -0.4 is 11.0 Å². The van der Waals surface area contributed by atoms with E-state index in [1.54, 1.807) is 54.6 Å². The summed E-state index contributed by atoms with van der Waals surface area (Å²) in [6.45, 7) is 0. The van der Waals surface area contributed by atoms with Gasteiger partial charge in [-0.05, 0) is 23.8 Å². The summed E-state index contributed by atoms with van der Waals surface area (Å²) in [5.74, 6) is -0.677. The molecule has 3 rings (SSSR count). The van der Waals surface area contributed by atoms with Crippen molar-refractivity contribution in [3.8, 4) is 6.07 Å². The molecule has 0 aliphatic carbocycles. The molecule has 0 radical (unpaired) electrons. The van der Waals surface area contributed by atoms with Crippen molar-refractivity contribution in [3.63, 3.8) is 0 Å². The highest BCUT2D eigenvalue weighted by Gasteiger charge is 2.22. The van der Waals surface area contributed by atoms with Gasteiger partial charge in [0, 0.05) is 5.02 Å². The quantitative estimate of drug-likeness (QED) is 0.449. The summed E-state index contributed by atoms with van der Waals surface area (Å²) in [6, 6.07) is 14.9. The van der Waals surface area contributed by atoms with Crippen molar-refractivity contribution in [2.75, 3.05) is 0 Å². The Morgan fingerprint density at radius 3 is 2.79 bits per heavy atom. The van der Waals surface area contributed by atoms with E-state index in [9.17, 15) is 14.7 Å². The molecule has 9 heteroatoms. The van der Waals surface area contributed by atoms with Gasteiger partial charge in [0.05, 0.1) is 17.1 Å². The van der Waals surface area contributed by atoms with Crippen LogP contribution in [0.4, 0.5) is 0 Å². The molecule has 0 spiro atoms. The summed E-state index contributed by atoms with van der Waals surface area (Å²) in [5.41, 5.74) is 2.53. The lowest BCUT2D eigenvalue weighted by atomic mass is 10.0. The Morgan fingerprint density at radius 2 is 2.07 bits per heavy atom. The van der Waals surface area contributed by atoms with E-state index in [1.807, 2.05) is 0 Å². The van der Waals surface area contributed by atoms with E-state index in [1.165, 1.54) is 0 Å². The predicted octanol–water partition coefficient (Wildman–Crippen LogP) is 2.04. The Morgan fingerprint density at radius 1 is 1.32 bits per heavy atom. The fourth-order valence-electron chi connectivity index (χ4n) is 2.50. The number of nitrogens with zero attached hydrogens (tertiary/aromatic N) is 3. The largest absolute Gasteiger partial charge is 0.382 e. The van der Waals surface area contributed by atoms with Crippen LogP contribution in [0.15, 0.2) is 58.4 Å². The number of hydrogen-bond acceptors (Lipinski definition) is 6. The minimum Gasteiger partial charge on any atom is -0.382 e. The molecule has 0 fully saturated rings. The molecule has 140 valence electrons. The maximum absolute atomic E-state index is 12.6. The number of nitriles is 1.